The standard InChI is InChI=1S/C27H29F2N5O2/c1-34(13-5-8-19-6-3-2-4-7-19)18-26(35)33-24(15-20-9-11-22(28)23(29)14-20)27(36)32-17-21-10-12-25(30)31-16-21/h2-12,14,16,24H,13,15,17-18H2,1H3,(H2,30,31)(H,32,36)(H,33,35). The van der Waals surface area contributed by atoms with Crippen molar-refractivity contribution >= 4 is 23.7 Å². The van der Waals surface area contributed by atoms with E-state index in [0.29, 0.717) is 17.9 Å². The van der Waals surface area contributed by atoms with Crippen molar-refractivity contribution in [1.82, 2.24) is 20.5 Å². The van der Waals surface area contributed by atoms with Crippen molar-refractivity contribution in [2.24, 2.45) is 0 Å². The number of anilines is 1. The van der Waals surface area contributed by atoms with Crippen LogP contribution in [0.15, 0.2) is 72.9 Å². The lowest BCUT2D eigenvalue weighted by Crippen LogP contribution is -2.50. The van der Waals surface area contributed by atoms with Gasteiger partial charge in [-0.25, -0.2) is 13.8 Å². The van der Waals surface area contributed by atoms with Gasteiger partial charge in [-0.3, -0.25) is 14.5 Å². The van der Waals surface area contributed by atoms with E-state index in [-0.39, 0.29) is 25.4 Å². The van der Waals surface area contributed by atoms with E-state index < -0.39 is 23.6 Å². The molecule has 0 aliphatic rings. The molecule has 1 atom stereocenters. The molecule has 0 aliphatic carbocycles. The fraction of sp³-hybridized carbons (Fsp3) is 0.222. The summed E-state index contributed by atoms with van der Waals surface area (Å²) < 4.78 is 27.1. The van der Waals surface area contributed by atoms with Crippen molar-refractivity contribution in [1.29, 1.82) is 0 Å². The number of nitrogen functional groups attached to an aromatic ring is 1. The Kier molecular flexibility index (Phi) is 9.64. The lowest BCUT2D eigenvalue weighted by Gasteiger charge is -2.21. The minimum absolute atomic E-state index is 0.00755. The van der Waals surface area contributed by atoms with Crippen LogP contribution in [0, 0.1) is 11.6 Å². The third kappa shape index (κ3) is 8.59. The minimum Gasteiger partial charge on any atom is -0.384 e. The second-order valence-corrected chi connectivity index (χ2v) is 8.39. The van der Waals surface area contributed by atoms with Crippen LogP contribution in [-0.2, 0) is 22.6 Å². The van der Waals surface area contributed by atoms with Crippen LogP contribution in [0.4, 0.5) is 14.6 Å². The number of carbonyl (C=O) groups excluding carboxylic acids is 2. The molecule has 1 aromatic heterocycles. The maximum absolute atomic E-state index is 13.7. The van der Waals surface area contributed by atoms with Crippen LogP contribution < -0.4 is 16.4 Å². The predicted octanol–water partition coefficient (Wildman–Crippen LogP) is 2.93. The van der Waals surface area contributed by atoms with Crippen molar-refractivity contribution in [3.05, 3.63) is 101 Å². The van der Waals surface area contributed by atoms with Crippen LogP contribution in [0.3, 0.4) is 0 Å². The van der Waals surface area contributed by atoms with E-state index in [2.05, 4.69) is 15.6 Å². The summed E-state index contributed by atoms with van der Waals surface area (Å²) in [5, 5.41) is 5.46. The molecule has 7 nitrogen and oxygen atoms in total. The van der Waals surface area contributed by atoms with Crippen LogP contribution in [0.2, 0.25) is 0 Å². The molecule has 0 aliphatic heterocycles. The number of nitrogens with zero attached hydrogens (tertiary/aromatic N) is 2. The average Bonchev–Trinajstić information content (AvgIpc) is 2.86. The normalized spacial score (nSPS) is 12.0. The molecule has 1 heterocycles. The molecule has 1 unspecified atom stereocenters. The van der Waals surface area contributed by atoms with Crippen molar-refractivity contribution in [3.8, 4) is 0 Å². The van der Waals surface area contributed by atoms with Gasteiger partial charge in [-0.1, -0.05) is 54.6 Å². The summed E-state index contributed by atoms with van der Waals surface area (Å²) >= 11 is 0. The first-order valence-electron chi connectivity index (χ1n) is 11.4. The number of carbonyl (C=O) groups is 2. The Bertz CT molecular complexity index is 1190. The van der Waals surface area contributed by atoms with E-state index in [1.807, 2.05) is 42.5 Å². The van der Waals surface area contributed by atoms with Gasteiger partial charge in [-0.05, 0) is 41.9 Å². The Morgan fingerprint density at radius 2 is 1.81 bits per heavy atom. The fourth-order valence-corrected chi connectivity index (χ4v) is 3.45. The highest BCUT2D eigenvalue weighted by Gasteiger charge is 2.22. The number of rotatable bonds is 11. The number of pyridine rings is 1. The zero-order valence-electron chi connectivity index (χ0n) is 20.0. The van der Waals surface area contributed by atoms with Crippen LogP contribution in [0.25, 0.3) is 6.08 Å². The monoisotopic (exact) mass is 493 g/mol. The van der Waals surface area contributed by atoms with Crippen LogP contribution in [-0.4, -0.2) is 47.9 Å². The van der Waals surface area contributed by atoms with Gasteiger partial charge >= 0.3 is 0 Å². The Hall–Kier alpha value is -4.11. The van der Waals surface area contributed by atoms with E-state index >= 15 is 0 Å². The topological polar surface area (TPSA) is 100 Å². The highest BCUT2D eigenvalue weighted by atomic mass is 19.2. The van der Waals surface area contributed by atoms with E-state index in [9.17, 15) is 18.4 Å². The lowest BCUT2D eigenvalue weighted by molar-refractivity contribution is -0.129. The average molecular weight is 494 g/mol. The van der Waals surface area contributed by atoms with Crippen molar-refractivity contribution in [2.45, 2.75) is 19.0 Å². The summed E-state index contributed by atoms with van der Waals surface area (Å²) in [6.07, 6.45) is 5.43. The zero-order chi connectivity index (χ0) is 25.9. The van der Waals surface area contributed by atoms with Gasteiger partial charge in [0.2, 0.25) is 11.8 Å². The summed E-state index contributed by atoms with van der Waals surface area (Å²) in [6, 6.07) is 15.5. The number of hydrogen-bond donors (Lipinski definition) is 3. The number of hydrogen-bond acceptors (Lipinski definition) is 5. The van der Waals surface area contributed by atoms with Crippen LogP contribution in [0.1, 0.15) is 16.7 Å². The second-order valence-electron chi connectivity index (χ2n) is 8.39. The summed E-state index contributed by atoms with van der Waals surface area (Å²) in [7, 11) is 1.79. The highest BCUT2D eigenvalue weighted by Crippen LogP contribution is 2.11. The zero-order valence-corrected chi connectivity index (χ0v) is 20.0. The van der Waals surface area contributed by atoms with Crippen molar-refractivity contribution < 1.29 is 18.4 Å². The van der Waals surface area contributed by atoms with Gasteiger partial charge in [0.05, 0.1) is 6.54 Å². The Balaban J connectivity index is 1.61. The van der Waals surface area contributed by atoms with Gasteiger partial charge in [0.25, 0.3) is 0 Å². The third-order valence-corrected chi connectivity index (χ3v) is 5.33. The first-order chi connectivity index (χ1) is 17.3. The molecule has 0 radical (unpaired) electrons. The number of nitrogens with one attached hydrogen (secondary N) is 2. The molecule has 0 saturated carbocycles. The largest absolute Gasteiger partial charge is 0.384 e. The molecular formula is C27H29F2N5O2. The molecule has 3 aromatic rings. The molecular weight excluding hydrogens is 464 g/mol. The van der Waals surface area contributed by atoms with Crippen LogP contribution in [0.5, 0.6) is 0 Å². The predicted molar refractivity (Wildman–Crippen MR) is 135 cm³/mol. The maximum atomic E-state index is 13.7. The minimum atomic E-state index is -1.02. The molecule has 3 rings (SSSR count). The Labute approximate surface area is 209 Å². The molecule has 9 heteroatoms. The maximum Gasteiger partial charge on any atom is 0.243 e. The van der Waals surface area contributed by atoms with Gasteiger partial charge in [-0.15, -0.1) is 0 Å². The Morgan fingerprint density at radius 3 is 2.50 bits per heavy atom. The molecule has 0 fully saturated rings. The van der Waals surface area contributed by atoms with E-state index in [1.54, 1.807) is 24.1 Å². The van der Waals surface area contributed by atoms with Gasteiger partial charge < -0.3 is 16.4 Å². The smallest absolute Gasteiger partial charge is 0.243 e. The molecule has 0 spiro atoms. The summed E-state index contributed by atoms with van der Waals surface area (Å²) in [5.74, 6) is -2.48. The van der Waals surface area contributed by atoms with Gasteiger partial charge in [0.15, 0.2) is 11.6 Å². The molecule has 0 bridgehead atoms. The van der Waals surface area contributed by atoms with E-state index in [1.165, 1.54) is 12.3 Å². The first-order valence-corrected chi connectivity index (χ1v) is 11.4. The van der Waals surface area contributed by atoms with E-state index in [0.717, 1.165) is 23.3 Å². The molecule has 36 heavy (non-hydrogen) atoms. The van der Waals surface area contributed by atoms with Crippen molar-refractivity contribution in [2.75, 3.05) is 25.9 Å². The van der Waals surface area contributed by atoms with Gasteiger partial charge in [0.1, 0.15) is 11.9 Å². The molecule has 2 amide bonds. The molecule has 0 saturated heterocycles. The van der Waals surface area contributed by atoms with Crippen molar-refractivity contribution in [3.63, 3.8) is 0 Å². The summed E-state index contributed by atoms with van der Waals surface area (Å²) in [6.45, 7) is 0.732. The molecule has 4 N–H and O–H groups in total. The summed E-state index contributed by atoms with van der Waals surface area (Å²) in [5.41, 5.74) is 7.73. The number of likely N-dealkylation sites (N-methyl/N-ethyl adjacent to an activating group) is 1. The summed E-state index contributed by atoms with van der Waals surface area (Å²) in [4.78, 5) is 31.4. The van der Waals surface area contributed by atoms with Gasteiger partial charge in [0, 0.05) is 25.7 Å². The number of amides is 2. The molecule has 2 aromatic carbocycles. The SMILES string of the molecule is CN(CC=Cc1ccccc1)CC(=O)NC(Cc1ccc(F)c(F)c1)C(=O)NCc1ccc(N)nc1. The third-order valence-electron chi connectivity index (χ3n) is 5.33. The quantitative estimate of drug-likeness (QED) is 0.381. The van der Waals surface area contributed by atoms with Crippen LogP contribution >= 0.6 is 0 Å². The highest BCUT2D eigenvalue weighted by molar-refractivity contribution is 5.88. The fourth-order valence-electron chi connectivity index (χ4n) is 3.45. The Morgan fingerprint density at radius 1 is 1.06 bits per heavy atom. The first kappa shape index (κ1) is 26.5. The number of aromatic nitrogens is 1. The van der Waals surface area contributed by atoms with Gasteiger partial charge in [-0.2, -0.15) is 0 Å². The number of halogens is 2. The molecule has 188 valence electrons. The number of nitrogens with two attached hydrogens (primary N) is 1. The number of benzene rings is 2. The lowest BCUT2D eigenvalue weighted by atomic mass is 10.0. The second kappa shape index (κ2) is 13.1. The van der Waals surface area contributed by atoms with E-state index in [4.69, 9.17) is 5.73 Å².